The van der Waals surface area contributed by atoms with Gasteiger partial charge in [0.15, 0.2) is 16.6 Å². The van der Waals surface area contributed by atoms with Crippen LogP contribution >= 0.6 is 23.6 Å². The van der Waals surface area contributed by atoms with E-state index in [1.165, 1.54) is 30.6 Å². The maximum atomic E-state index is 5.87. The molecule has 6 heteroatoms. The molecule has 0 bridgehead atoms. The second-order valence-corrected chi connectivity index (χ2v) is 8.73. The first-order valence-electron chi connectivity index (χ1n) is 9.71. The van der Waals surface area contributed by atoms with Crippen LogP contribution in [0.3, 0.4) is 0 Å². The van der Waals surface area contributed by atoms with Crippen LogP contribution in [0.5, 0.6) is 11.5 Å². The molecule has 1 fully saturated rings. The summed E-state index contributed by atoms with van der Waals surface area (Å²) in [7, 11) is 0. The van der Waals surface area contributed by atoms with Gasteiger partial charge in [-0.3, -0.25) is 0 Å². The number of nitrogens with zero attached hydrogens (tertiary/aromatic N) is 1. The lowest BCUT2D eigenvalue weighted by molar-refractivity contribution is 0.171. The van der Waals surface area contributed by atoms with Crippen molar-refractivity contribution in [3.05, 3.63) is 40.6 Å². The predicted molar refractivity (Wildman–Crippen MR) is 115 cm³/mol. The summed E-state index contributed by atoms with van der Waals surface area (Å²) in [6, 6.07) is 10.8. The summed E-state index contributed by atoms with van der Waals surface area (Å²) in [5.41, 5.74) is 1.04. The minimum atomic E-state index is 0.453. The van der Waals surface area contributed by atoms with Gasteiger partial charge >= 0.3 is 0 Å². The topological polar surface area (TPSA) is 33.7 Å². The monoisotopic (exact) mass is 402 g/mol. The van der Waals surface area contributed by atoms with Crippen molar-refractivity contribution in [2.45, 2.75) is 45.2 Å². The Morgan fingerprint density at radius 1 is 1.19 bits per heavy atom. The fraction of sp³-hybridized carbons (Fsp3) is 0.476. The highest BCUT2D eigenvalue weighted by molar-refractivity contribution is 7.80. The van der Waals surface area contributed by atoms with Crippen LogP contribution in [-0.2, 0) is 6.54 Å². The number of hydrogen-bond donors (Lipinski definition) is 1. The Bertz CT molecular complexity index is 778. The van der Waals surface area contributed by atoms with Gasteiger partial charge in [-0.1, -0.05) is 25.8 Å². The van der Waals surface area contributed by atoms with E-state index in [0.717, 1.165) is 28.8 Å². The highest BCUT2D eigenvalue weighted by Crippen LogP contribution is 2.35. The average Bonchev–Trinajstić information content (AvgIpc) is 3.21. The zero-order chi connectivity index (χ0) is 18.6. The summed E-state index contributed by atoms with van der Waals surface area (Å²) in [6.45, 7) is 4.27. The molecule has 2 heterocycles. The van der Waals surface area contributed by atoms with Crippen molar-refractivity contribution in [3.63, 3.8) is 0 Å². The van der Waals surface area contributed by atoms with E-state index in [2.05, 4.69) is 40.7 Å². The van der Waals surface area contributed by atoms with Crippen molar-refractivity contribution in [1.82, 2.24) is 5.32 Å². The molecule has 4 nitrogen and oxygen atoms in total. The fourth-order valence-corrected chi connectivity index (χ4v) is 4.82. The molecule has 1 saturated carbocycles. The zero-order valence-corrected chi connectivity index (χ0v) is 17.3. The molecule has 2 aliphatic rings. The first kappa shape index (κ1) is 18.6. The fourth-order valence-electron chi connectivity index (χ4n) is 3.81. The number of benzene rings is 1. The van der Waals surface area contributed by atoms with E-state index in [4.69, 9.17) is 21.7 Å². The summed E-state index contributed by atoms with van der Waals surface area (Å²) >= 11 is 7.62. The Hall–Kier alpha value is -1.79. The minimum Gasteiger partial charge on any atom is -0.486 e. The lowest BCUT2D eigenvalue weighted by atomic mass is 9.86. The smallest absolute Gasteiger partial charge is 0.174 e. The molecule has 0 spiro atoms. The molecule has 144 valence electrons. The lowest BCUT2D eigenvalue weighted by Gasteiger charge is -2.34. The highest BCUT2D eigenvalue weighted by Gasteiger charge is 2.25. The number of hydrogen-bond acceptors (Lipinski definition) is 4. The van der Waals surface area contributed by atoms with Gasteiger partial charge in [-0.2, -0.15) is 0 Å². The molecule has 1 N–H and O–H groups in total. The van der Waals surface area contributed by atoms with Gasteiger partial charge in [-0.15, -0.1) is 11.3 Å². The van der Waals surface area contributed by atoms with E-state index in [1.54, 1.807) is 11.3 Å². The van der Waals surface area contributed by atoms with Gasteiger partial charge in [-0.25, -0.2) is 0 Å². The molecule has 2 aromatic rings. The minimum absolute atomic E-state index is 0.453. The van der Waals surface area contributed by atoms with Crippen molar-refractivity contribution in [2.75, 3.05) is 18.1 Å². The van der Waals surface area contributed by atoms with Gasteiger partial charge in [0.2, 0.25) is 0 Å². The molecular formula is C21H26N2O2S2. The SMILES string of the molecule is C[C@H]1CCCC[C@@H]1NC(=S)N(Cc1cccs1)c1ccc2c(c1)OCCO2. The molecule has 27 heavy (non-hydrogen) atoms. The van der Waals surface area contributed by atoms with Gasteiger partial charge in [0, 0.05) is 22.7 Å². The molecule has 0 amide bonds. The second-order valence-electron chi connectivity index (χ2n) is 7.31. The number of anilines is 1. The molecule has 1 aromatic carbocycles. The maximum Gasteiger partial charge on any atom is 0.174 e. The van der Waals surface area contributed by atoms with Gasteiger partial charge < -0.3 is 19.7 Å². The quantitative estimate of drug-likeness (QED) is 0.730. The Balaban J connectivity index is 1.57. The molecule has 0 saturated heterocycles. The number of rotatable bonds is 4. The van der Waals surface area contributed by atoms with E-state index >= 15 is 0 Å². The van der Waals surface area contributed by atoms with E-state index < -0.39 is 0 Å². The number of nitrogens with one attached hydrogen (secondary N) is 1. The third-order valence-electron chi connectivity index (χ3n) is 5.40. The number of fused-ring (bicyclic) bond motifs is 1. The van der Waals surface area contributed by atoms with E-state index in [0.29, 0.717) is 25.2 Å². The third kappa shape index (κ3) is 4.38. The van der Waals surface area contributed by atoms with Gasteiger partial charge in [0.05, 0.1) is 6.54 Å². The summed E-state index contributed by atoms with van der Waals surface area (Å²) in [5, 5.41) is 6.55. The lowest BCUT2D eigenvalue weighted by Crippen LogP contribution is -2.47. The van der Waals surface area contributed by atoms with E-state index in [9.17, 15) is 0 Å². The van der Waals surface area contributed by atoms with Crippen LogP contribution in [0.25, 0.3) is 0 Å². The Kier molecular flexibility index (Phi) is 5.83. The standard InChI is InChI=1S/C21H26N2O2S2/c1-15-5-2-3-7-18(15)22-21(26)23(14-17-6-4-12-27-17)16-8-9-19-20(13-16)25-11-10-24-19/h4,6,8-9,12-13,15,18H,2-3,5,7,10-11,14H2,1H3,(H,22,26)/t15-,18-/m0/s1. The van der Waals surface area contributed by atoms with E-state index in [1.807, 2.05) is 12.1 Å². The third-order valence-corrected chi connectivity index (χ3v) is 6.60. The van der Waals surface area contributed by atoms with Crippen molar-refractivity contribution >= 4 is 34.4 Å². The van der Waals surface area contributed by atoms with Crippen LogP contribution < -0.4 is 19.7 Å². The van der Waals surface area contributed by atoms with Crippen molar-refractivity contribution in [3.8, 4) is 11.5 Å². The summed E-state index contributed by atoms with van der Waals surface area (Å²) in [4.78, 5) is 3.46. The normalized spacial score (nSPS) is 21.5. The summed E-state index contributed by atoms with van der Waals surface area (Å²) in [6.07, 6.45) is 5.07. The maximum absolute atomic E-state index is 5.87. The van der Waals surface area contributed by atoms with Gasteiger partial charge in [0.25, 0.3) is 0 Å². The van der Waals surface area contributed by atoms with Gasteiger partial charge in [-0.05, 0) is 54.6 Å². The van der Waals surface area contributed by atoms with Crippen molar-refractivity contribution in [2.24, 2.45) is 5.92 Å². The number of ether oxygens (including phenoxy) is 2. The van der Waals surface area contributed by atoms with Crippen LogP contribution in [0.2, 0.25) is 0 Å². The van der Waals surface area contributed by atoms with E-state index in [-0.39, 0.29) is 0 Å². The first-order valence-corrected chi connectivity index (χ1v) is 11.0. The molecule has 4 rings (SSSR count). The van der Waals surface area contributed by atoms with Crippen LogP contribution in [-0.4, -0.2) is 24.4 Å². The molecule has 1 aliphatic carbocycles. The zero-order valence-electron chi connectivity index (χ0n) is 15.6. The predicted octanol–water partition coefficient (Wildman–Crippen LogP) is 4.98. The molecule has 2 atom stereocenters. The van der Waals surface area contributed by atoms with Crippen LogP contribution in [0.4, 0.5) is 5.69 Å². The molecule has 1 aromatic heterocycles. The molecule has 1 aliphatic heterocycles. The summed E-state index contributed by atoms with van der Waals surface area (Å²) in [5.74, 6) is 2.25. The first-order chi connectivity index (χ1) is 13.2. The molecular weight excluding hydrogens is 376 g/mol. The second kappa shape index (κ2) is 8.48. The Morgan fingerprint density at radius 2 is 2.00 bits per heavy atom. The Morgan fingerprint density at radius 3 is 2.78 bits per heavy atom. The number of thiophene rings is 1. The van der Waals surface area contributed by atoms with Gasteiger partial charge in [0.1, 0.15) is 13.2 Å². The highest BCUT2D eigenvalue weighted by atomic mass is 32.1. The van der Waals surface area contributed by atoms with Crippen molar-refractivity contribution < 1.29 is 9.47 Å². The largest absolute Gasteiger partial charge is 0.486 e. The average molecular weight is 403 g/mol. The number of thiocarbonyl (C=S) groups is 1. The van der Waals surface area contributed by atoms with Crippen LogP contribution in [0.1, 0.15) is 37.5 Å². The molecule has 0 unspecified atom stereocenters. The molecule has 0 radical (unpaired) electrons. The Labute approximate surface area is 170 Å². The van der Waals surface area contributed by atoms with Crippen LogP contribution in [0, 0.1) is 5.92 Å². The van der Waals surface area contributed by atoms with Crippen molar-refractivity contribution in [1.29, 1.82) is 0 Å². The van der Waals surface area contributed by atoms with Crippen LogP contribution in [0.15, 0.2) is 35.7 Å². The summed E-state index contributed by atoms with van der Waals surface area (Å²) < 4.78 is 11.5.